The molecule has 4 amide bonds. The van der Waals surface area contributed by atoms with Crippen LogP contribution in [0.2, 0.25) is 0 Å². The summed E-state index contributed by atoms with van der Waals surface area (Å²) in [6.07, 6.45) is 1.20. The van der Waals surface area contributed by atoms with Gasteiger partial charge in [0.05, 0.1) is 4.92 Å². The first-order valence-corrected chi connectivity index (χ1v) is 10.5. The second kappa shape index (κ2) is 8.49. The maximum Gasteiger partial charge on any atom is 0.325 e. The number of piperazine rings is 1. The highest BCUT2D eigenvalue weighted by Gasteiger charge is 2.49. The van der Waals surface area contributed by atoms with Gasteiger partial charge in [-0.05, 0) is 25.5 Å². The van der Waals surface area contributed by atoms with E-state index >= 15 is 0 Å². The van der Waals surface area contributed by atoms with E-state index in [0.29, 0.717) is 37.6 Å². The first-order valence-electron chi connectivity index (χ1n) is 10.5. The Morgan fingerprint density at radius 3 is 2.36 bits per heavy atom. The van der Waals surface area contributed by atoms with Crippen molar-refractivity contribution in [1.82, 2.24) is 20.1 Å². The number of anilines is 1. The fourth-order valence-corrected chi connectivity index (χ4v) is 4.02. The van der Waals surface area contributed by atoms with Gasteiger partial charge in [-0.3, -0.25) is 24.6 Å². The Hall–Kier alpha value is -4.02. The van der Waals surface area contributed by atoms with Crippen LogP contribution in [0.4, 0.5) is 16.3 Å². The van der Waals surface area contributed by atoms with Crippen LogP contribution in [0.25, 0.3) is 0 Å². The van der Waals surface area contributed by atoms with Crippen LogP contribution in [0.5, 0.6) is 0 Å². The summed E-state index contributed by atoms with van der Waals surface area (Å²) in [7, 11) is 0. The summed E-state index contributed by atoms with van der Waals surface area (Å²) >= 11 is 0. The summed E-state index contributed by atoms with van der Waals surface area (Å²) in [4.78, 5) is 57.3. The minimum absolute atomic E-state index is 0.0845. The lowest BCUT2D eigenvalue weighted by molar-refractivity contribution is -0.385. The lowest BCUT2D eigenvalue weighted by Crippen LogP contribution is -2.52. The molecule has 2 fully saturated rings. The molecule has 1 aromatic carbocycles. The second-order valence-electron chi connectivity index (χ2n) is 8.31. The van der Waals surface area contributed by atoms with Crippen molar-refractivity contribution in [3.8, 4) is 0 Å². The smallest absolute Gasteiger partial charge is 0.325 e. The van der Waals surface area contributed by atoms with E-state index in [2.05, 4.69) is 10.3 Å². The van der Waals surface area contributed by atoms with Crippen LogP contribution in [0.15, 0.2) is 42.6 Å². The summed E-state index contributed by atoms with van der Waals surface area (Å²) in [5.74, 6) is -0.183. The number of aryl methyl sites for hydroxylation is 1. The number of pyridine rings is 1. The molecule has 1 N–H and O–H groups in total. The van der Waals surface area contributed by atoms with Crippen molar-refractivity contribution in [1.29, 1.82) is 0 Å². The van der Waals surface area contributed by atoms with Crippen molar-refractivity contribution in [3.63, 3.8) is 0 Å². The van der Waals surface area contributed by atoms with Crippen molar-refractivity contribution in [3.05, 3.63) is 63.8 Å². The van der Waals surface area contributed by atoms with Crippen LogP contribution in [0.3, 0.4) is 0 Å². The molecule has 2 saturated heterocycles. The number of nitrogens with one attached hydrogen (secondary N) is 1. The van der Waals surface area contributed by atoms with E-state index in [1.807, 2.05) is 24.0 Å². The van der Waals surface area contributed by atoms with Crippen molar-refractivity contribution < 1.29 is 19.3 Å². The van der Waals surface area contributed by atoms with Crippen LogP contribution in [0, 0.1) is 17.0 Å². The second-order valence-corrected chi connectivity index (χ2v) is 8.31. The number of imide groups is 1. The maximum atomic E-state index is 13.1. The van der Waals surface area contributed by atoms with Crippen LogP contribution in [-0.4, -0.2) is 70.3 Å². The van der Waals surface area contributed by atoms with Gasteiger partial charge >= 0.3 is 6.03 Å². The van der Waals surface area contributed by atoms with Crippen LogP contribution < -0.4 is 10.2 Å². The minimum atomic E-state index is -1.22. The Morgan fingerprint density at radius 1 is 1.12 bits per heavy atom. The highest BCUT2D eigenvalue weighted by Crippen LogP contribution is 2.29. The molecule has 11 nitrogen and oxygen atoms in total. The third-order valence-corrected chi connectivity index (χ3v) is 6.10. The van der Waals surface area contributed by atoms with Gasteiger partial charge in [0, 0.05) is 32.2 Å². The van der Waals surface area contributed by atoms with E-state index in [9.17, 15) is 24.5 Å². The van der Waals surface area contributed by atoms with E-state index in [1.54, 1.807) is 30.0 Å². The zero-order valence-electron chi connectivity index (χ0n) is 18.4. The molecule has 2 aromatic rings. The summed E-state index contributed by atoms with van der Waals surface area (Å²) in [5, 5.41) is 13.5. The number of hydrogen-bond donors (Lipinski definition) is 1. The number of hydrogen-bond acceptors (Lipinski definition) is 7. The number of urea groups is 1. The van der Waals surface area contributed by atoms with Crippen molar-refractivity contribution >= 4 is 29.4 Å². The van der Waals surface area contributed by atoms with E-state index in [4.69, 9.17) is 0 Å². The molecule has 2 aliphatic heterocycles. The van der Waals surface area contributed by atoms with Gasteiger partial charge in [-0.2, -0.15) is 0 Å². The van der Waals surface area contributed by atoms with Gasteiger partial charge in [-0.15, -0.1) is 0 Å². The molecule has 33 heavy (non-hydrogen) atoms. The molecule has 0 radical (unpaired) electrons. The summed E-state index contributed by atoms with van der Waals surface area (Å²) < 4.78 is 0. The molecule has 2 aliphatic rings. The fraction of sp³-hybridized carbons (Fsp3) is 0.364. The Bertz CT molecular complexity index is 1100. The zero-order valence-corrected chi connectivity index (χ0v) is 18.4. The Kier molecular flexibility index (Phi) is 5.71. The quantitative estimate of drug-likeness (QED) is 0.413. The first kappa shape index (κ1) is 22.2. The van der Waals surface area contributed by atoms with Gasteiger partial charge in [0.15, 0.2) is 0 Å². The summed E-state index contributed by atoms with van der Waals surface area (Å²) in [5.41, 5.74) is 0.393. The minimum Gasteiger partial charge on any atom is -0.353 e. The van der Waals surface area contributed by atoms with Gasteiger partial charge < -0.3 is 15.1 Å². The van der Waals surface area contributed by atoms with Gasteiger partial charge in [0.2, 0.25) is 5.91 Å². The number of aromatic nitrogens is 1. The van der Waals surface area contributed by atoms with E-state index in [0.717, 1.165) is 10.5 Å². The maximum absolute atomic E-state index is 13.1. The molecule has 0 saturated carbocycles. The highest BCUT2D eigenvalue weighted by molar-refractivity contribution is 6.09. The number of carbonyl (C=O) groups excluding carboxylic acids is 3. The fourth-order valence-electron chi connectivity index (χ4n) is 4.02. The van der Waals surface area contributed by atoms with E-state index < -0.39 is 22.4 Å². The molecule has 3 heterocycles. The predicted molar refractivity (Wildman–Crippen MR) is 118 cm³/mol. The normalized spacial score (nSPS) is 20.7. The molecular formula is C22H24N6O5. The topological polar surface area (TPSA) is 129 Å². The monoisotopic (exact) mass is 452 g/mol. The van der Waals surface area contributed by atoms with Crippen LogP contribution in [-0.2, 0) is 15.1 Å². The molecule has 0 spiro atoms. The number of rotatable bonds is 5. The van der Waals surface area contributed by atoms with Crippen molar-refractivity contribution in [2.45, 2.75) is 19.4 Å². The molecule has 11 heteroatoms. The molecule has 1 unspecified atom stereocenters. The summed E-state index contributed by atoms with van der Waals surface area (Å²) in [6, 6.07) is 9.71. The van der Waals surface area contributed by atoms with Gasteiger partial charge in [-0.25, -0.2) is 9.78 Å². The number of nitro groups is 1. The lowest BCUT2D eigenvalue weighted by Gasteiger charge is -2.35. The SMILES string of the molecule is Cc1ccc(C2(C)NC(=O)N(CC(=O)N3CCN(c4ccc([N+](=O)[O-])cn4)CC3)C2=O)cc1. The molecule has 4 rings (SSSR count). The van der Waals surface area contributed by atoms with E-state index in [1.165, 1.54) is 12.3 Å². The van der Waals surface area contributed by atoms with Crippen molar-refractivity contribution in [2.24, 2.45) is 0 Å². The number of carbonyl (C=O) groups is 3. The lowest BCUT2D eigenvalue weighted by atomic mass is 9.91. The first-order chi connectivity index (χ1) is 15.7. The largest absolute Gasteiger partial charge is 0.353 e. The average molecular weight is 452 g/mol. The van der Waals surface area contributed by atoms with E-state index in [-0.39, 0.29) is 18.1 Å². The molecule has 1 atom stereocenters. The number of amides is 4. The third-order valence-electron chi connectivity index (χ3n) is 6.10. The molecule has 1 aromatic heterocycles. The van der Waals surface area contributed by atoms with Gasteiger partial charge in [0.1, 0.15) is 24.1 Å². The third kappa shape index (κ3) is 4.21. The Labute approximate surface area is 190 Å². The van der Waals surface area contributed by atoms with Crippen LogP contribution >= 0.6 is 0 Å². The zero-order chi connectivity index (χ0) is 23.8. The summed E-state index contributed by atoms with van der Waals surface area (Å²) in [6.45, 7) is 4.98. The molecule has 172 valence electrons. The van der Waals surface area contributed by atoms with Gasteiger partial charge in [0.25, 0.3) is 11.6 Å². The van der Waals surface area contributed by atoms with Crippen LogP contribution in [0.1, 0.15) is 18.1 Å². The molecule has 0 aliphatic carbocycles. The predicted octanol–water partition coefficient (Wildman–Crippen LogP) is 1.41. The Balaban J connectivity index is 1.37. The Morgan fingerprint density at radius 2 is 1.79 bits per heavy atom. The molecular weight excluding hydrogens is 428 g/mol. The number of nitrogens with zero attached hydrogens (tertiary/aromatic N) is 5. The standard InChI is InChI=1S/C22H24N6O5/c1-15-3-5-16(6-4-15)22(2)20(30)27(21(31)24-22)14-19(29)26-11-9-25(10-12-26)18-8-7-17(13-23-18)28(32)33/h3-8,13H,9-12,14H2,1-2H3,(H,24,31). The molecule has 0 bridgehead atoms. The van der Waals surface area contributed by atoms with Gasteiger partial charge in [-0.1, -0.05) is 29.8 Å². The number of benzene rings is 1. The van der Waals surface area contributed by atoms with Crippen molar-refractivity contribution in [2.75, 3.05) is 37.6 Å². The highest BCUT2D eigenvalue weighted by atomic mass is 16.6. The average Bonchev–Trinajstić information content (AvgIpc) is 3.03.